The van der Waals surface area contributed by atoms with Crippen LogP contribution in [0.25, 0.3) is 6.08 Å². The van der Waals surface area contributed by atoms with Gasteiger partial charge in [0.2, 0.25) is 0 Å². The van der Waals surface area contributed by atoms with Crippen molar-refractivity contribution in [1.29, 1.82) is 0 Å². The summed E-state index contributed by atoms with van der Waals surface area (Å²) >= 11 is 0.978. The topological polar surface area (TPSA) is 85.3 Å². The molecule has 1 aliphatic rings. The molecule has 0 bridgehead atoms. The Morgan fingerprint density at radius 1 is 1.03 bits per heavy atom. The maximum Gasteiger partial charge on any atom is 0.284 e. The van der Waals surface area contributed by atoms with Gasteiger partial charge in [-0.05, 0) is 73.1 Å². The van der Waals surface area contributed by atoms with Gasteiger partial charge in [-0.2, -0.15) is 8.42 Å². The van der Waals surface area contributed by atoms with Crippen molar-refractivity contribution in [2.75, 3.05) is 20.3 Å². The van der Waals surface area contributed by atoms with E-state index in [1.807, 2.05) is 0 Å². The average molecular weight is 535 g/mol. The highest BCUT2D eigenvalue weighted by molar-refractivity contribution is 8.19. The number of unbranched alkanes of at least 4 members (excludes halogenated alkanes) is 4. The van der Waals surface area contributed by atoms with Crippen molar-refractivity contribution in [3.63, 3.8) is 0 Å². The first-order valence-corrected chi connectivity index (χ1v) is 14.2. The van der Waals surface area contributed by atoms with Crippen LogP contribution in [0.4, 0.5) is 4.39 Å². The summed E-state index contributed by atoms with van der Waals surface area (Å²) in [5.41, 5.74) is 0.714. The van der Waals surface area contributed by atoms with Crippen LogP contribution in [0.15, 0.2) is 56.7 Å². The Hall–Kier alpha value is -2.85. The lowest BCUT2D eigenvalue weighted by Crippen LogP contribution is -2.29. The Balaban J connectivity index is 1.81. The molecule has 2 aromatic rings. The van der Waals surface area contributed by atoms with Gasteiger partial charge >= 0.3 is 0 Å². The summed E-state index contributed by atoms with van der Waals surface area (Å²) in [5, 5.41) is 0.0511. The van der Waals surface area contributed by atoms with E-state index < -0.39 is 15.8 Å². The van der Waals surface area contributed by atoms with Crippen molar-refractivity contribution in [1.82, 2.24) is 4.90 Å². The molecule has 1 heterocycles. The van der Waals surface area contributed by atoms with E-state index in [-0.39, 0.29) is 22.5 Å². The highest BCUT2D eigenvalue weighted by Gasteiger charge is 2.34. The lowest BCUT2D eigenvalue weighted by Gasteiger charge is -2.12. The first-order valence-electron chi connectivity index (χ1n) is 11.9. The van der Waals surface area contributed by atoms with Gasteiger partial charge in [-0.15, -0.1) is 4.40 Å². The number of amidine groups is 1. The molecule has 0 spiro atoms. The summed E-state index contributed by atoms with van der Waals surface area (Å²) < 4.78 is 53.9. The molecule has 1 amide bonds. The molecule has 0 radical (unpaired) electrons. The summed E-state index contributed by atoms with van der Waals surface area (Å²) in [6.07, 6.45) is 7.29. The van der Waals surface area contributed by atoms with Crippen molar-refractivity contribution in [3.8, 4) is 11.5 Å². The van der Waals surface area contributed by atoms with E-state index in [0.717, 1.165) is 48.9 Å². The number of carbonyl (C=O) groups is 1. The van der Waals surface area contributed by atoms with Crippen LogP contribution in [0.2, 0.25) is 0 Å². The zero-order chi connectivity index (χ0) is 26.1. The predicted octanol–water partition coefficient (Wildman–Crippen LogP) is 5.86. The van der Waals surface area contributed by atoms with Crippen LogP contribution in [-0.2, 0) is 14.8 Å². The quantitative estimate of drug-likeness (QED) is 0.250. The molecule has 0 N–H and O–H groups in total. The minimum absolute atomic E-state index is 0.0511. The fourth-order valence-electron chi connectivity index (χ4n) is 3.55. The van der Waals surface area contributed by atoms with Gasteiger partial charge in [0.15, 0.2) is 16.7 Å². The van der Waals surface area contributed by atoms with Crippen LogP contribution in [0.1, 0.15) is 51.5 Å². The molecule has 7 nitrogen and oxygen atoms in total. The molecule has 194 valence electrons. The van der Waals surface area contributed by atoms with Crippen LogP contribution in [0, 0.1) is 5.82 Å². The van der Waals surface area contributed by atoms with E-state index in [2.05, 4.69) is 11.3 Å². The Labute approximate surface area is 216 Å². The minimum atomic E-state index is -4.12. The molecule has 0 aromatic heterocycles. The highest BCUT2D eigenvalue weighted by atomic mass is 32.2. The van der Waals surface area contributed by atoms with Crippen molar-refractivity contribution in [2.24, 2.45) is 4.40 Å². The molecule has 10 heteroatoms. The van der Waals surface area contributed by atoms with Gasteiger partial charge in [-0.1, -0.05) is 38.7 Å². The van der Waals surface area contributed by atoms with E-state index >= 15 is 0 Å². The zero-order valence-corrected chi connectivity index (χ0v) is 22.3. The van der Waals surface area contributed by atoms with Crippen molar-refractivity contribution >= 4 is 38.9 Å². The number of methoxy groups -OCH3 is 1. The highest BCUT2D eigenvalue weighted by Crippen LogP contribution is 2.35. The van der Waals surface area contributed by atoms with E-state index in [9.17, 15) is 17.6 Å². The number of carbonyl (C=O) groups excluding carboxylic acids is 1. The third-order valence-electron chi connectivity index (χ3n) is 5.50. The van der Waals surface area contributed by atoms with Crippen LogP contribution in [0.5, 0.6) is 11.5 Å². The molecular formula is C26H31FN2O5S2. The Bertz CT molecular complexity index is 1230. The smallest absolute Gasteiger partial charge is 0.284 e. The Morgan fingerprint density at radius 3 is 2.42 bits per heavy atom. The molecular weight excluding hydrogens is 503 g/mol. The summed E-state index contributed by atoms with van der Waals surface area (Å²) in [4.78, 5) is 14.5. The number of halogens is 1. The lowest BCUT2D eigenvalue weighted by atomic mass is 10.1. The number of thioether (sulfide) groups is 1. The second kappa shape index (κ2) is 12.9. The summed E-state index contributed by atoms with van der Waals surface area (Å²) in [7, 11) is -2.54. The number of likely N-dealkylation sites (N-methyl/N-ethyl adjacent to an activating group) is 1. The fraction of sp³-hybridized carbons (Fsp3) is 0.385. The second-order valence-electron chi connectivity index (χ2n) is 8.14. The maximum absolute atomic E-state index is 13.2. The first kappa shape index (κ1) is 27.7. The first-order chi connectivity index (χ1) is 17.3. The van der Waals surface area contributed by atoms with Gasteiger partial charge in [-0.25, -0.2) is 4.39 Å². The molecule has 1 aliphatic heterocycles. The normalized spacial score (nSPS) is 16.2. The third kappa shape index (κ3) is 7.10. The number of ether oxygens (including phenoxy) is 2. The van der Waals surface area contributed by atoms with Gasteiger partial charge in [0.05, 0.1) is 23.5 Å². The number of nitrogens with zero attached hydrogens (tertiary/aromatic N) is 2. The van der Waals surface area contributed by atoms with Gasteiger partial charge < -0.3 is 9.47 Å². The Kier molecular flexibility index (Phi) is 9.95. The van der Waals surface area contributed by atoms with Gasteiger partial charge in [0, 0.05) is 6.54 Å². The van der Waals surface area contributed by atoms with E-state index in [0.29, 0.717) is 28.6 Å². The van der Waals surface area contributed by atoms with Gasteiger partial charge in [0.25, 0.3) is 15.9 Å². The average Bonchev–Trinajstić information content (AvgIpc) is 3.14. The summed E-state index contributed by atoms with van der Waals surface area (Å²) in [6.45, 7) is 4.72. The van der Waals surface area contributed by atoms with Crippen molar-refractivity contribution in [3.05, 3.63) is 58.8 Å². The predicted molar refractivity (Wildman–Crippen MR) is 141 cm³/mol. The van der Waals surface area contributed by atoms with Crippen LogP contribution in [0.3, 0.4) is 0 Å². The maximum atomic E-state index is 13.2. The number of benzene rings is 2. The lowest BCUT2D eigenvalue weighted by molar-refractivity contribution is -0.122. The molecule has 0 atom stereocenters. The van der Waals surface area contributed by atoms with Crippen LogP contribution < -0.4 is 9.47 Å². The molecule has 36 heavy (non-hydrogen) atoms. The minimum Gasteiger partial charge on any atom is -0.493 e. The Morgan fingerprint density at radius 2 is 1.75 bits per heavy atom. The number of hydrogen-bond acceptors (Lipinski definition) is 6. The van der Waals surface area contributed by atoms with Crippen molar-refractivity contribution in [2.45, 2.75) is 50.8 Å². The summed E-state index contributed by atoms with van der Waals surface area (Å²) in [5.74, 6) is 0.286. The monoisotopic (exact) mass is 534 g/mol. The largest absolute Gasteiger partial charge is 0.493 e. The fourth-order valence-corrected chi connectivity index (χ4v) is 5.80. The molecule has 0 unspecified atom stereocenters. The number of rotatable bonds is 12. The van der Waals surface area contributed by atoms with Gasteiger partial charge in [-0.3, -0.25) is 9.69 Å². The van der Waals surface area contributed by atoms with Gasteiger partial charge in [0.1, 0.15) is 5.82 Å². The number of amides is 1. The van der Waals surface area contributed by atoms with E-state index in [4.69, 9.17) is 9.47 Å². The molecule has 1 saturated heterocycles. The van der Waals surface area contributed by atoms with Crippen LogP contribution in [-0.4, -0.2) is 44.7 Å². The standard InChI is InChI=1S/C26H31FN2O5S2/c1-4-6-7-8-9-16-34-23-17-19(10-15-22(23)33-3)18-24-25(30)29(5-2)26(35-24)28-36(31,32)21-13-11-20(27)12-14-21/h10-15,17-18H,4-9,16H2,1-3H3/b24-18-,28-26?. The molecule has 0 saturated carbocycles. The van der Waals surface area contributed by atoms with E-state index in [1.165, 1.54) is 24.2 Å². The molecule has 1 fully saturated rings. The number of sulfonamides is 1. The zero-order valence-electron chi connectivity index (χ0n) is 20.7. The molecule has 3 rings (SSSR count). The number of hydrogen-bond donors (Lipinski definition) is 0. The molecule has 0 aliphatic carbocycles. The SMILES string of the molecule is CCCCCCCOc1cc(/C=C2\SC(=NS(=O)(=O)c3ccc(F)cc3)N(CC)C2=O)ccc1OC. The van der Waals surface area contributed by atoms with Crippen LogP contribution >= 0.6 is 11.8 Å². The summed E-state index contributed by atoms with van der Waals surface area (Å²) in [6, 6.07) is 9.77. The van der Waals surface area contributed by atoms with Crippen molar-refractivity contribution < 1.29 is 27.1 Å². The third-order valence-corrected chi connectivity index (χ3v) is 7.91. The molecule has 2 aromatic carbocycles. The van der Waals surface area contributed by atoms with E-state index in [1.54, 1.807) is 38.3 Å². The second-order valence-corrected chi connectivity index (χ2v) is 10.7.